The molecule has 0 unspecified atom stereocenters. The molecule has 1 aliphatic heterocycles. The third kappa shape index (κ3) is 3.10. The van der Waals surface area contributed by atoms with Gasteiger partial charge in [0.15, 0.2) is 0 Å². The number of amides is 1. The lowest BCUT2D eigenvalue weighted by Gasteiger charge is -2.26. The van der Waals surface area contributed by atoms with Crippen molar-refractivity contribution < 1.29 is 25.9 Å². The maximum absolute atomic E-state index is 11.7. The second-order valence-electron chi connectivity index (χ2n) is 4.52. The molecular formula is C10H17NO5. The van der Waals surface area contributed by atoms with E-state index in [0.717, 1.165) is 4.90 Å². The molecular weight excluding hydrogens is 214 g/mol. The van der Waals surface area contributed by atoms with Crippen molar-refractivity contribution in [2.45, 2.75) is 44.9 Å². The fourth-order valence-electron chi connectivity index (χ4n) is 1.54. The summed E-state index contributed by atoms with van der Waals surface area (Å²) < 4.78 is 12.2. The van der Waals surface area contributed by atoms with Crippen LogP contribution in [0, 0.1) is 0 Å². The van der Waals surface area contributed by atoms with Crippen LogP contribution in [0.3, 0.4) is 0 Å². The quantitative estimate of drug-likeness (QED) is 0.685. The molecule has 0 aromatic carbocycles. The third-order valence-corrected chi connectivity index (χ3v) is 2.16. The largest absolute Gasteiger partial charge is 0.480 e. The van der Waals surface area contributed by atoms with Crippen LogP contribution < -0.4 is 0 Å². The number of aliphatic hydroxyl groups excluding tert-OH is 1. The number of aliphatic carboxylic acids is 1. The standard InChI is InChI=1S/C10H17NO5/c1-10(2,3)16-9(15)11-5-6(12)4-7(11)8(13)14/h6-7,12H,4-5H2,1-3H3,(H,13,14)/t6-,7+/m1/s1/i1D. The zero-order valence-electron chi connectivity index (χ0n) is 10.3. The van der Waals surface area contributed by atoms with Gasteiger partial charge < -0.3 is 14.9 Å². The highest BCUT2D eigenvalue weighted by Gasteiger charge is 2.40. The van der Waals surface area contributed by atoms with Gasteiger partial charge in [-0.3, -0.25) is 4.90 Å². The van der Waals surface area contributed by atoms with Gasteiger partial charge in [0.05, 0.1) is 12.6 Å². The zero-order valence-corrected chi connectivity index (χ0v) is 9.34. The van der Waals surface area contributed by atoms with Gasteiger partial charge in [0.2, 0.25) is 0 Å². The van der Waals surface area contributed by atoms with Gasteiger partial charge in [-0.2, -0.15) is 0 Å². The summed E-state index contributed by atoms with van der Waals surface area (Å²) in [5.41, 5.74) is -0.965. The molecule has 92 valence electrons. The highest BCUT2D eigenvalue weighted by Crippen LogP contribution is 2.21. The zero-order chi connectivity index (χ0) is 13.2. The molecule has 0 aliphatic carbocycles. The Morgan fingerprint density at radius 1 is 1.56 bits per heavy atom. The van der Waals surface area contributed by atoms with E-state index >= 15 is 0 Å². The highest BCUT2D eigenvalue weighted by atomic mass is 16.6. The van der Waals surface area contributed by atoms with E-state index in [9.17, 15) is 14.7 Å². The number of hydrogen-bond acceptors (Lipinski definition) is 4. The van der Waals surface area contributed by atoms with Gasteiger partial charge in [0.25, 0.3) is 0 Å². The second-order valence-corrected chi connectivity index (χ2v) is 4.52. The Labute approximate surface area is 95.2 Å². The first-order valence-electron chi connectivity index (χ1n) is 5.67. The molecule has 1 saturated heterocycles. The summed E-state index contributed by atoms with van der Waals surface area (Å²) in [4.78, 5) is 23.6. The van der Waals surface area contributed by atoms with Gasteiger partial charge in [-0.25, -0.2) is 9.59 Å². The number of aliphatic hydroxyl groups is 1. The first-order chi connectivity index (χ1) is 7.76. The Morgan fingerprint density at radius 2 is 2.19 bits per heavy atom. The topological polar surface area (TPSA) is 87.1 Å². The Bertz CT molecular complexity index is 320. The fraction of sp³-hybridized carbons (Fsp3) is 0.800. The highest BCUT2D eigenvalue weighted by molar-refractivity contribution is 5.81. The summed E-state index contributed by atoms with van der Waals surface area (Å²) in [6, 6.07) is -1.06. The summed E-state index contributed by atoms with van der Waals surface area (Å²) in [6.07, 6.45) is -1.64. The number of ether oxygens (including phenoxy) is 1. The smallest absolute Gasteiger partial charge is 0.411 e. The maximum Gasteiger partial charge on any atom is 0.411 e. The van der Waals surface area contributed by atoms with E-state index in [0.29, 0.717) is 0 Å². The maximum atomic E-state index is 11.7. The number of β-amino-alcohol motifs (C(OH)–C–C–N with tert-alkyl or cyclic N) is 1. The molecule has 1 fully saturated rings. The van der Waals surface area contributed by atoms with Gasteiger partial charge >= 0.3 is 12.1 Å². The Kier molecular flexibility index (Phi) is 3.00. The van der Waals surface area contributed by atoms with Gasteiger partial charge in [-0.15, -0.1) is 0 Å². The first kappa shape index (κ1) is 11.2. The monoisotopic (exact) mass is 232 g/mol. The molecule has 0 bridgehead atoms. The summed E-state index contributed by atoms with van der Waals surface area (Å²) in [5, 5.41) is 18.3. The van der Waals surface area contributed by atoms with Gasteiger partial charge in [0.1, 0.15) is 11.6 Å². The predicted molar refractivity (Wildman–Crippen MR) is 55.0 cm³/mol. The average Bonchev–Trinajstić information content (AvgIpc) is 2.60. The molecule has 0 saturated carbocycles. The van der Waals surface area contributed by atoms with Crippen molar-refractivity contribution in [1.82, 2.24) is 4.90 Å². The van der Waals surface area contributed by atoms with Crippen LogP contribution in [-0.4, -0.2) is 51.5 Å². The van der Waals surface area contributed by atoms with E-state index in [-0.39, 0.29) is 19.9 Å². The molecule has 6 nitrogen and oxygen atoms in total. The molecule has 1 rings (SSSR count). The van der Waals surface area contributed by atoms with E-state index in [4.69, 9.17) is 11.2 Å². The first-order valence-corrected chi connectivity index (χ1v) is 4.96. The summed E-state index contributed by atoms with van der Waals surface area (Å²) >= 11 is 0. The number of nitrogens with zero attached hydrogens (tertiary/aromatic N) is 1. The van der Waals surface area contributed by atoms with Gasteiger partial charge in [-0.1, -0.05) is 0 Å². The lowest BCUT2D eigenvalue weighted by Crippen LogP contribution is -2.43. The molecule has 0 spiro atoms. The molecule has 1 amide bonds. The van der Waals surface area contributed by atoms with Crippen molar-refractivity contribution >= 4 is 12.1 Å². The molecule has 1 heterocycles. The third-order valence-electron chi connectivity index (χ3n) is 2.16. The molecule has 0 aromatic rings. The number of carbonyl (C=O) groups excluding carboxylic acids is 1. The summed E-state index contributed by atoms with van der Waals surface area (Å²) in [7, 11) is 0. The van der Waals surface area contributed by atoms with E-state index in [2.05, 4.69) is 0 Å². The van der Waals surface area contributed by atoms with E-state index < -0.39 is 29.8 Å². The number of hydrogen-bond donors (Lipinski definition) is 2. The molecule has 2 N–H and O–H groups in total. The lowest BCUT2D eigenvalue weighted by molar-refractivity contribution is -0.142. The molecule has 16 heavy (non-hydrogen) atoms. The van der Waals surface area contributed by atoms with Crippen LogP contribution in [0.5, 0.6) is 0 Å². The minimum Gasteiger partial charge on any atom is -0.480 e. The van der Waals surface area contributed by atoms with Crippen molar-refractivity contribution in [2.75, 3.05) is 6.54 Å². The number of likely N-dealkylation sites (tertiary alicyclic amines) is 1. The van der Waals surface area contributed by atoms with E-state index in [1.165, 1.54) is 0 Å². The van der Waals surface area contributed by atoms with Crippen LogP contribution in [0.2, 0.25) is 0 Å². The number of carboxylic acids is 1. The van der Waals surface area contributed by atoms with Crippen LogP contribution in [0.4, 0.5) is 4.79 Å². The van der Waals surface area contributed by atoms with Crippen LogP contribution >= 0.6 is 0 Å². The molecule has 1 aliphatic rings. The predicted octanol–water partition coefficient (Wildman–Crippen LogP) is 0.441. The van der Waals surface area contributed by atoms with Crippen LogP contribution in [-0.2, 0) is 9.53 Å². The minimum atomic E-state index is -1.16. The second kappa shape index (κ2) is 4.29. The number of rotatable bonds is 1. The van der Waals surface area contributed by atoms with Crippen molar-refractivity contribution in [3.05, 3.63) is 0 Å². The average molecular weight is 232 g/mol. The van der Waals surface area contributed by atoms with Gasteiger partial charge in [0, 0.05) is 7.79 Å². The Morgan fingerprint density at radius 3 is 2.69 bits per heavy atom. The van der Waals surface area contributed by atoms with Crippen molar-refractivity contribution in [3.8, 4) is 0 Å². The van der Waals surface area contributed by atoms with Crippen LogP contribution in [0.1, 0.15) is 28.5 Å². The summed E-state index contributed by atoms with van der Waals surface area (Å²) in [5.74, 6) is -1.16. The van der Waals surface area contributed by atoms with Crippen molar-refractivity contribution in [3.63, 3.8) is 0 Å². The number of carbonyl (C=O) groups is 2. The Hall–Kier alpha value is -1.30. The van der Waals surface area contributed by atoms with Crippen LogP contribution in [0.15, 0.2) is 0 Å². The molecule has 2 atom stereocenters. The lowest BCUT2D eigenvalue weighted by atomic mass is 10.2. The Balaban J connectivity index is 2.71. The van der Waals surface area contributed by atoms with Crippen molar-refractivity contribution in [1.29, 1.82) is 0 Å². The summed E-state index contributed by atoms with van der Waals surface area (Å²) in [6.45, 7) is 2.97. The van der Waals surface area contributed by atoms with E-state index in [1.54, 1.807) is 13.8 Å². The minimum absolute atomic E-state index is 0.00569. The SMILES string of the molecule is [2H]CC(C)(C)OC(=O)N1C[C@H](O)C[C@H]1C(=O)O. The normalized spacial score (nSPS) is 26.4. The fourth-order valence-corrected chi connectivity index (χ4v) is 1.54. The molecule has 0 radical (unpaired) electrons. The van der Waals surface area contributed by atoms with E-state index in [1.807, 2.05) is 0 Å². The molecule has 6 heteroatoms. The van der Waals surface area contributed by atoms with Crippen LogP contribution in [0.25, 0.3) is 0 Å². The molecule has 0 aromatic heterocycles. The number of carboxylic acid groups (broad SMARTS) is 1. The van der Waals surface area contributed by atoms with Gasteiger partial charge in [-0.05, 0) is 20.7 Å². The van der Waals surface area contributed by atoms with Crippen molar-refractivity contribution in [2.24, 2.45) is 0 Å².